The van der Waals surface area contributed by atoms with Gasteiger partial charge in [-0.15, -0.1) is 0 Å². The van der Waals surface area contributed by atoms with Crippen molar-refractivity contribution in [1.29, 1.82) is 0 Å². The van der Waals surface area contributed by atoms with Gasteiger partial charge in [0.25, 0.3) is 0 Å². The SMILES string of the molecule is CC(C)(O)C(CO)CCN. The van der Waals surface area contributed by atoms with Gasteiger partial charge < -0.3 is 15.9 Å². The van der Waals surface area contributed by atoms with E-state index in [-0.39, 0.29) is 12.5 Å². The van der Waals surface area contributed by atoms with E-state index in [0.717, 1.165) is 0 Å². The highest BCUT2D eigenvalue weighted by molar-refractivity contribution is 4.76. The molecule has 0 aliphatic heterocycles. The average molecular weight is 147 g/mol. The second kappa shape index (κ2) is 3.91. The van der Waals surface area contributed by atoms with Crippen molar-refractivity contribution < 1.29 is 10.2 Å². The first-order valence-corrected chi connectivity index (χ1v) is 3.55. The lowest BCUT2D eigenvalue weighted by Crippen LogP contribution is -2.34. The van der Waals surface area contributed by atoms with Crippen molar-refractivity contribution in [3.63, 3.8) is 0 Å². The quantitative estimate of drug-likeness (QED) is 0.512. The van der Waals surface area contributed by atoms with Crippen LogP contribution in [0.5, 0.6) is 0 Å². The van der Waals surface area contributed by atoms with E-state index in [4.69, 9.17) is 10.8 Å². The molecule has 3 nitrogen and oxygen atoms in total. The first-order valence-electron chi connectivity index (χ1n) is 3.55. The van der Waals surface area contributed by atoms with Crippen molar-refractivity contribution in [3.8, 4) is 0 Å². The van der Waals surface area contributed by atoms with E-state index in [1.807, 2.05) is 0 Å². The topological polar surface area (TPSA) is 66.5 Å². The number of aliphatic hydroxyl groups is 2. The fraction of sp³-hybridized carbons (Fsp3) is 1.00. The Morgan fingerprint density at radius 2 is 2.00 bits per heavy atom. The van der Waals surface area contributed by atoms with Crippen molar-refractivity contribution in [2.45, 2.75) is 25.9 Å². The van der Waals surface area contributed by atoms with E-state index >= 15 is 0 Å². The van der Waals surface area contributed by atoms with E-state index in [1.165, 1.54) is 0 Å². The van der Waals surface area contributed by atoms with Crippen LogP contribution in [0.1, 0.15) is 20.3 Å². The Morgan fingerprint density at radius 1 is 1.50 bits per heavy atom. The highest BCUT2D eigenvalue weighted by atomic mass is 16.3. The Kier molecular flexibility index (Phi) is 3.86. The van der Waals surface area contributed by atoms with Crippen molar-refractivity contribution in [2.75, 3.05) is 13.2 Å². The Morgan fingerprint density at radius 3 is 2.10 bits per heavy atom. The van der Waals surface area contributed by atoms with Crippen LogP contribution in [0, 0.1) is 5.92 Å². The van der Waals surface area contributed by atoms with E-state index < -0.39 is 5.60 Å². The Hall–Kier alpha value is -0.120. The summed E-state index contributed by atoms with van der Waals surface area (Å²) in [7, 11) is 0. The first kappa shape index (κ1) is 9.88. The molecule has 0 aliphatic carbocycles. The lowest BCUT2D eigenvalue weighted by molar-refractivity contribution is -0.0110. The van der Waals surface area contributed by atoms with E-state index in [2.05, 4.69) is 0 Å². The van der Waals surface area contributed by atoms with E-state index in [1.54, 1.807) is 13.8 Å². The molecule has 0 aromatic heterocycles. The van der Waals surface area contributed by atoms with Gasteiger partial charge in [0, 0.05) is 12.5 Å². The summed E-state index contributed by atoms with van der Waals surface area (Å²) in [5.74, 6) is -0.0995. The van der Waals surface area contributed by atoms with Gasteiger partial charge in [0.15, 0.2) is 0 Å². The molecular weight excluding hydrogens is 130 g/mol. The molecule has 0 fully saturated rings. The van der Waals surface area contributed by atoms with Crippen LogP contribution >= 0.6 is 0 Å². The lowest BCUT2D eigenvalue weighted by atomic mass is 9.89. The van der Waals surface area contributed by atoms with Gasteiger partial charge in [-0.3, -0.25) is 0 Å². The molecule has 1 atom stereocenters. The number of aliphatic hydroxyl groups excluding tert-OH is 1. The molecule has 0 aliphatic rings. The predicted molar refractivity (Wildman–Crippen MR) is 40.5 cm³/mol. The van der Waals surface area contributed by atoms with Crippen molar-refractivity contribution in [3.05, 3.63) is 0 Å². The monoisotopic (exact) mass is 147 g/mol. The minimum absolute atomic E-state index is 0.000694. The van der Waals surface area contributed by atoms with Gasteiger partial charge in [-0.05, 0) is 26.8 Å². The average Bonchev–Trinajstić information content (AvgIpc) is 1.80. The number of hydrogen-bond donors (Lipinski definition) is 3. The summed E-state index contributed by atoms with van der Waals surface area (Å²) in [4.78, 5) is 0. The molecule has 3 heteroatoms. The van der Waals surface area contributed by atoms with Gasteiger partial charge in [-0.25, -0.2) is 0 Å². The van der Waals surface area contributed by atoms with Crippen LogP contribution in [0.4, 0.5) is 0 Å². The Bertz CT molecular complexity index is 88.1. The molecular formula is C7H17NO2. The number of rotatable bonds is 4. The summed E-state index contributed by atoms with van der Waals surface area (Å²) in [6, 6.07) is 0. The molecule has 10 heavy (non-hydrogen) atoms. The van der Waals surface area contributed by atoms with Crippen LogP contribution in [0.2, 0.25) is 0 Å². The maximum absolute atomic E-state index is 9.39. The van der Waals surface area contributed by atoms with Gasteiger partial charge in [0.05, 0.1) is 5.60 Å². The smallest absolute Gasteiger partial charge is 0.0642 e. The molecule has 4 N–H and O–H groups in total. The van der Waals surface area contributed by atoms with Crippen LogP contribution < -0.4 is 5.73 Å². The summed E-state index contributed by atoms with van der Waals surface area (Å²) >= 11 is 0. The lowest BCUT2D eigenvalue weighted by Gasteiger charge is -2.26. The molecule has 0 aromatic rings. The standard InChI is InChI=1S/C7H17NO2/c1-7(2,10)6(5-9)3-4-8/h6,9-10H,3-5,8H2,1-2H3. The fourth-order valence-corrected chi connectivity index (χ4v) is 0.869. The van der Waals surface area contributed by atoms with Gasteiger partial charge in [0.2, 0.25) is 0 Å². The summed E-state index contributed by atoms with van der Waals surface area (Å²) < 4.78 is 0. The second-order valence-electron chi connectivity index (χ2n) is 3.11. The Labute approximate surface area is 61.9 Å². The predicted octanol–water partition coefficient (Wildman–Crippen LogP) is -0.285. The molecule has 0 heterocycles. The zero-order valence-electron chi connectivity index (χ0n) is 6.67. The molecule has 0 saturated carbocycles. The molecule has 1 unspecified atom stereocenters. The third kappa shape index (κ3) is 3.15. The summed E-state index contributed by atoms with van der Waals surface area (Å²) in [5.41, 5.74) is 4.47. The van der Waals surface area contributed by atoms with Crippen molar-refractivity contribution in [1.82, 2.24) is 0 Å². The van der Waals surface area contributed by atoms with Gasteiger partial charge in [-0.1, -0.05) is 0 Å². The largest absolute Gasteiger partial charge is 0.396 e. The summed E-state index contributed by atoms with van der Waals surface area (Å²) in [6.07, 6.45) is 0.667. The molecule has 0 spiro atoms. The number of nitrogens with two attached hydrogens (primary N) is 1. The van der Waals surface area contributed by atoms with Gasteiger partial charge in [-0.2, -0.15) is 0 Å². The third-order valence-corrected chi connectivity index (χ3v) is 1.73. The van der Waals surface area contributed by atoms with Crippen LogP contribution in [-0.4, -0.2) is 29.0 Å². The van der Waals surface area contributed by atoms with Gasteiger partial charge >= 0.3 is 0 Å². The van der Waals surface area contributed by atoms with Crippen molar-refractivity contribution in [2.24, 2.45) is 11.7 Å². The Balaban J connectivity index is 3.81. The molecule has 62 valence electrons. The summed E-state index contributed by atoms with van der Waals surface area (Å²) in [6.45, 7) is 3.88. The van der Waals surface area contributed by atoms with Crippen molar-refractivity contribution >= 4 is 0 Å². The van der Waals surface area contributed by atoms with E-state index in [9.17, 15) is 5.11 Å². The van der Waals surface area contributed by atoms with Crippen LogP contribution in [-0.2, 0) is 0 Å². The highest BCUT2D eigenvalue weighted by Crippen LogP contribution is 2.18. The zero-order chi connectivity index (χ0) is 8.20. The normalized spacial score (nSPS) is 15.3. The van der Waals surface area contributed by atoms with Gasteiger partial charge in [0.1, 0.15) is 0 Å². The van der Waals surface area contributed by atoms with E-state index in [0.29, 0.717) is 13.0 Å². The molecule has 0 amide bonds. The second-order valence-corrected chi connectivity index (χ2v) is 3.11. The highest BCUT2D eigenvalue weighted by Gasteiger charge is 2.24. The molecule has 0 rings (SSSR count). The minimum atomic E-state index is -0.811. The maximum Gasteiger partial charge on any atom is 0.0642 e. The molecule has 0 saturated heterocycles. The molecule has 0 radical (unpaired) electrons. The third-order valence-electron chi connectivity index (χ3n) is 1.73. The molecule has 0 aromatic carbocycles. The fourth-order valence-electron chi connectivity index (χ4n) is 0.869. The maximum atomic E-state index is 9.39. The van der Waals surface area contributed by atoms with Crippen LogP contribution in [0.15, 0.2) is 0 Å². The number of hydrogen-bond acceptors (Lipinski definition) is 3. The zero-order valence-corrected chi connectivity index (χ0v) is 6.67. The first-order chi connectivity index (χ1) is 4.52. The minimum Gasteiger partial charge on any atom is -0.396 e. The molecule has 0 bridgehead atoms. The van der Waals surface area contributed by atoms with Crippen LogP contribution in [0.25, 0.3) is 0 Å². The summed E-state index contributed by atoms with van der Waals surface area (Å²) in [5, 5.41) is 18.2. The van der Waals surface area contributed by atoms with Crippen LogP contribution in [0.3, 0.4) is 0 Å².